The maximum Gasteiger partial charge on any atom is 0.275 e. The molecule has 1 aromatic heterocycles. The van der Waals surface area contributed by atoms with Crippen LogP contribution in [0.5, 0.6) is 5.75 Å². The van der Waals surface area contributed by atoms with Gasteiger partial charge in [-0.2, -0.15) is 0 Å². The summed E-state index contributed by atoms with van der Waals surface area (Å²) in [5.41, 5.74) is 3.47. The molecule has 37 heavy (non-hydrogen) atoms. The highest BCUT2D eigenvalue weighted by Crippen LogP contribution is 2.31. The molecule has 0 unspecified atom stereocenters. The monoisotopic (exact) mass is 517 g/mol. The summed E-state index contributed by atoms with van der Waals surface area (Å²) >= 11 is 1.48. The number of likely N-dealkylation sites (tertiary alicyclic amines) is 1. The second kappa shape index (κ2) is 12.0. The summed E-state index contributed by atoms with van der Waals surface area (Å²) in [5.74, 6) is 0.599. The van der Waals surface area contributed by atoms with Crippen LogP contribution in [0.4, 0.5) is 5.69 Å². The van der Waals surface area contributed by atoms with Crippen LogP contribution in [0.2, 0.25) is 0 Å². The average molecular weight is 518 g/mol. The fraction of sp³-hybridized carbons (Fsp3) is 0.310. The van der Waals surface area contributed by atoms with Gasteiger partial charge in [0, 0.05) is 54.0 Å². The number of piperidine rings is 1. The molecule has 4 rings (SSSR count). The van der Waals surface area contributed by atoms with Crippen LogP contribution in [0.3, 0.4) is 0 Å². The topological polar surface area (TPSA) is 88.6 Å². The van der Waals surface area contributed by atoms with Crippen LogP contribution in [0.1, 0.15) is 69.9 Å². The number of allylic oxidation sites excluding steroid dienone is 1. The van der Waals surface area contributed by atoms with Crippen LogP contribution in [-0.2, 0) is 4.79 Å². The van der Waals surface area contributed by atoms with Gasteiger partial charge in [-0.3, -0.25) is 14.4 Å². The molecular formula is C29H31N3O4S. The van der Waals surface area contributed by atoms with Gasteiger partial charge in [-0.1, -0.05) is 24.8 Å². The van der Waals surface area contributed by atoms with Crippen molar-refractivity contribution in [3.63, 3.8) is 0 Å². The molecule has 8 heteroatoms. The number of ketones is 1. The zero-order valence-electron chi connectivity index (χ0n) is 21.2. The number of nitrogens with zero attached hydrogens (tertiary/aromatic N) is 2. The Bertz CT molecular complexity index is 1290. The number of hydrogen-bond donors (Lipinski definition) is 1. The lowest BCUT2D eigenvalue weighted by molar-refractivity contribution is -0.132. The van der Waals surface area contributed by atoms with Gasteiger partial charge in [-0.15, -0.1) is 11.3 Å². The fourth-order valence-corrected chi connectivity index (χ4v) is 5.38. The van der Waals surface area contributed by atoms with Gasteiger partial charge in [0.2, 0.25) is 5.91 Å². The quantitative estimate of drug-likeness (QED) is 0.362. The van der Waals surface area contributed by atoms with Crippen molar-refractivity contribution in [2.75, 3.05) is 25.5 Å². The Hall–Kier alpha value is -3.78. The number of anilines is 1. The second-order valence-electron chi connectivity index (χ2n) is 9.16. The van der Waals surface area contributed by atoms with Crippen molar-refractivity contribution in [2.24, 2.45) is 0 Å². The van der Waals surface area contributed by atoms with Crippen molar-refractivity contribution < 1.29 is 19.1 Å². The van der Waals surface area contributed by atoms with E-state index in [0.717, 1.165) is 29.0 Å². The maximum absolute atomic E-state index is 12.8. The third-order valence-corrected chi connectivity index (χ3v) is 7.57. The zero-order valence-corrected chi connectivity index (χ0v) is 22.0. The Morgan fingerprint density at radius 1 is 1.08 bits per heavy atom. The number of ether oxygens (including phenoxy) is 1. The van der Waals surface area contributed by atoms with Crippen molar-refractivity contribution in [2.45, 2.75) is 38.5 Å². The minimum Gasteiger partial charge on any atom is -0.497 e. The van der Waals surface area contributed by atoms with E-state index in [1.807, 2.05) is 36.1 Å². The number of aromatic nitrogens is 1. The van der Waals surface area contributed by atoms with Crippen molar-refractivity contribution >= 4 is 40.2 Å². The summed E-state index contributed by atoms with van der Waals surface area (Å²) < 4.78 is 5.12. The number of rotatable bonds is 9. The number of nitrogens with one attached hydrogen (secondary N) is 1. The van der Waals surface area contributed by atoms with Gasteiger partial charge >= 0.3 is 0 Å². The average Bonchev–Trinajstić information content (AvgIpc) is 3.42. The van der Waals surface area contributed by atoms with Crippen molar-refractivity contribution in [3.8, 4) is 5.75 Å². The molecule has 0 aliphatic carbocycles. The molecule has 0 atom stereocenters. The van der Waals surface area contributed by atoms with E-state index in [-0.39, 0.29) is 36.4 Å². The van der Waals surface area contributed by atoms with E-state index >= 15 is 0 Å². The third kappa shape index (κ3) is 6.51. The van der Waals surface area contributed by atoms with Gasteiger partial charge in [0.05, 0.1) is 12.1 Å². The number of hydrogen-bond acceptors (Lipinski definition) is 6. The maximum atomic E-state index is 12.8. The first-order valence-corrected chi connectivity index (χ1v) is 13.2. The van der Waals surface area contributed by atoms with E-state index < -0.39 is 0 Å². The van der Waals surface area contributed by atoms with E-state index in [1.54, 1.807) is 36.8 Å². The number of thiazole rings is 1. The Labute approximate surface area is 221 Å². The first-order chi connectivity index (χ1) is 17.9. The minimum absolute atomic E-state index is 0.00399. The largest absolute Gasteiger partial charge is 0.497 e. The second-order valence-corrected chi connectivity index (χ2v) is 10.0. The lowest BCUT2D eigenvalue weighted by Crippen LogP contribution is -2.38. The molecule has 192 valence electrons. The molecule has 1 saturated heterocycles. The van der Waals surface area contributed by atoms with Crippen LogP contribution < -0.4 is 10.1 Å². The van der Waals surface area contributed by atoms with Gasteiger partial charge in [0.25, 0.3) is 5.91 Å². The van der Waals surface area contributed by atoms with Crippen LogP contribution >= 0.6 is 11.3 Å². The van der Waals surface area contributed by atoms with Crippen molar-refractivity contribution in [3.05, 3.63) is 82.3 Å². The lowest BCUT2D eigenvalue weighted by Gasteiger charge is -2.31. The summed E-state index contributed by atoms with van der Waals surface area (Å²) in [6.07, 6.45) is 1.95. The number of amides is 2. The zero-order chi connectivity index (χ0) is 26.4. The number of carbonyl (C=O) groups is 3. The lowest BCUT2D eigenvalue weighted by atomic mass is 9.97. The Balaban J connectivity index is 1.27. The van der Waals surface area contributed by atoms with Crippen LogP contribution in [0, 0.1) is 0 Å². The van der Waals surface area contributed by atoms with Crippen LogP contribution in [0.25, 0.3) is 5.57 Å². The highest BCUT2D eigenvalue weighted by Gasteiger charge is 2.26. The predicted molar refractivity (Wildman–Crippen MR) is 146 cm³/mol. The summed E-state index contributed by atoms with van der Waals surface area (Å²) in [6, 6.07) is 14.5. The first-order valence-electron chi connectivity index (χ1n) is 12.3. The van der Waals surface area contributed by atoms with Gasteiger partial charge in [-0.25, -0.2) is 4.98 Å². The molecular weight excluding hydrogens is 486 g/mol. The van der Waals surface area contributed by atoms with E-state index in [2.05, 4.69) is 16.9 Å². The molecule has 0 bridgehead atoms. The summed E-state index contributed by atoms with van der Waals surface area (Å²) in [7, 11) is 1.58. The van der Waals surface area contributed by atoms with Gasteiger partial charge in [0.15, 0.2) is 5.78 Å². The summed E-state index contributed by atoms with van der Waals surface area (Å²) in [6.45, 7) is 7.12. The van der Waals surface area contributed by atoms with Gasteiger partial charge in [-0.05, 0) is 55.7 Å². The Morgan fingerprint density at radius 2 is 1.78 bits per heavy atom. The smallest absolute Gasteiger partial charge is 0.275 e. The number of Topliss-reactive ketones (excluding diaryl/α,β-unsaturated/α-hetero) is 1. The minimum atomic E-state index is -0.245. The highest BCUT2D eigenvalue weighted by atomic mass is 32.1. The molecule has 1 aliphatic heterocycles. The SMILES string of the molecule is C=C(C)c1ccccc1NC(=O)c1csc(C2CCN(C(=O)CCC(=O)c3ccc(OC)cc3)CC2)n1. The van der Waals surface area contributed by atoms with Gasteiger partial charge < -0.3 is 15.0 Å². The summed E-state index contributed by atoms with van der Waals surface area (Å²) in [4.78, 5) is 44.4. The number of para-hydroxylation sites is 1. The predicted octanol–water partition coefficient (Wildman–Crippen LogP) is 5.81. The number of carbonyl (C=O) groups excluding carboxylic acids is 3. The summed E-state index contributed by atoms with van der Waals surface area (Å²) in [5, 5.41) is 5.65. The number of methoxy groups -OCH3 is 1. The Kier molecular flexibility index (Phi) is 8.50. The highest BCUT2D eigenvalue weighted by molar-refractivity contribution is 7.10. The first kappa shape index (κ1) is 26.3. The normalized spacial score (nSPS) is 13.7. The molecule has 1 N–H and O–H groups in total. The molecule has 0 saturated carbocycles. The Morgan fingerprint density at radius 3 is 2.46 bits per heavy atom. The van der Waals surface area contributed by atoms with E-state index in [0.29, 0.717) is 35.8 Å². The molecule has 2 heterocycles. The van der Waals surface area contributed by atoms with E-state index in [4.69, 9.17) is 4.74 Å². The molecule has 0 radical (unpaired) electrons. The molecule has 0 spiro atoms. The molecule has 2 amide bonds. The van der Waals surface area contributed by atoms with Crippen LogP contribution in [-0.4, -0.2) is 47.7 Å². The van der Waals surface area contributed by atoms with Crippen molar-refractivity contribution in [1.82, 2.24) is 9.88 Å². The van der Waals surface area contributed by atoms with Crippen molar-refractivity contribution in [1.29, 1.82) is 0 Å². The fourth-order valence-electron chi connectivity index (χ4n) is 4.41. The number of benzene rings is 2. The van der Waals surface area contributed by atoms with E-state index in [1.165, 1.54) is 11.3 Å². The van der Waals surface area contributed by atoms with Gasteiger partial charge in [0.1, 0.15) is 11.4 Å². The molecule has 7 nitrogen and oxygen atoms in total. The van der Waals surface area contributed by atoms with E-state index in [9.17, 15) is 14.4 Å². The molecule has 2 aromatic carbocycles. The molecule has 1 fully saturated rings. The molecule has 1 aliphatic rings. The molecule has 3 aromatic rings. The standard InChI is InChI=1S/C29H31N3O4S/c1-19(2)23-6-4-5-7-24(23)30-28(35)25-18-37-29(31-25)21-14-16-32(17-15-21)27(34)13-12-26(33)20-8-10-22(36-3)11-9-20/h4-11,18,21H,1,12-17H2,2-3H3,(H,30,35). The van der Waals surface area contributed by atoms with Crippen LogP contribution in [0.15, 0.2) is 60.5 Å². The third-order valence-electron chi connectivity index (χ3n) is 6.56.